The first-order valence-corrected chi connectivity index (χ1v) is 9.88. The Bertz CT molecular complexity index is 758. The number of methoxy groups -OCH3 is 2. The molecule has 2 aromatic rings. The van der Waals surface area contributed by atoms with Crippen LogP contribution < -0.4 is 10.9 Å². The van der Waals surface area contributed by atoms with Gasteiger partial charge in [-0.3, -0.25) is 20.4 Å². The molecule has 0 aromatic heterocycles. The summed E-state index contributed by atoms with van der Waals surface area (Å²) in [6, 6.07) is 16.8. The summed E-state index contributed by atoms with van der Waals surface area (Å²) in [5.41, 5.74) is 7.40. The van der Waals surface area contributed by atoms with Gasteiger partial charge in [0.15, 0.2) is 6.29 Å². The summed E-state index contributed by atoms with van der Waals surface area (Å²) >= 11 is 0. The molecule has 0 heterocycles. The van der Waals surface area contributed by atoms with Crippen molar-refractivity contribution in [3.8, 4) is 0 Å². The maximum absolute atomic E-state index is 12.4. The van der Waals surface area contributed by atoms with Crippen LogP contribution in [-0.2, 0) is 14.3 Å². The van der Waals surface area contributed by atoms with Crippen LogP contribution in [0.5, 0.6) is 0 Å². The number of hydrazine groups is 1. The van der Waals surface area contributed by atoms with E-state index in [1.807, 2.05) is 30.3 Å². The number of carbonyl (C=O) groups excluding carboxylic acids is 2. The van der Waals surface area contributed by atoms with Gasteiger partial charge in [-0.2, -0.15) is 0 Å². The molecule has 0 saturated heterocycles. The van der Waals surface area contributed by atoms with Crippen LogP contribution in [0.3, 0.4) is 0 Å². The zero-order valence-electron chi connectivity index (χ0n) is 17.3. The molecule has 2 aromatic carbocycles. The lowest BCUT2D eigenvalue weighted by Gasteiger charge is -2.17. The summed E-state index contributed by atoms with van der Waals surface area (Å²) in [6.45, 7) is 2.13. The fourth-order valence-corrected chi connectivity index (χ4v) is 3.20. The number of hydrogen-bond donors (Lipinski definition) is 2. The van der Waals surface area contributed by atoms with Gasteiger partial charge in [-0.15, -0.1) is 0 Å². The van der Waals surface area contributed by atoms with Crippen molar-refractivity contribution in [2.75, 3.05) is 14.2 Å². The molecule has 0 spiro atoms. The van der Waals surface area contributed by atoms with Crippen molar-refractivity contribution in [2.45, 2.75) is 44.8 Å². The summed E-state index contributed by atoms with van der Waals surface area (Å²) in [5.74, 6) is -0.452. The van der Waals surface area contributed by atoms with Crippen LogP contribution >= 0.6 is 0 Å². The predicted molar refractivity (Wildman–Crippen MR) is 112 cm³/mol. The van der Waals surface area contributed by atoms with Gasteiger partial charge in [0.05, 0.1) is 0 Å². The van der Waals surface area contributed by atoms with E-state index in [9.17, 15) is 9.59 Å². The monoisotopic (exact) mass is 398 g/mol. The van der Waals surface area contributed by atoms with Crippen molar-refractivity contribution >= 4 is 11.8 Å². The molecule has 2 amide bonds. The Morgan fingerprint density at radius 3 is 2.14 bits per heavy atom. The Morgan fingerprint density at radius 2 is 1.55 bits per heavy atom. The van der Waals surface area contributed by atoms with Gasteiger partial charge >= 0.3 is 0 Å². The van der Waals surface area contributed by atoms with Crippen molar-refractivity contribution in [1.29, 1.82) is 0 Å². The van der Waals surface area contributed by atoms with Gasteiger partial charge in [-0.1, -0.05) is 62.2 Å². The summed E-state index contributed by atoms with van der Waals surface area (Å²) in [7, 11) is 3.10. The highest BCUT2D eigenvalue weighted by molar-refractivity contribution is 5.95. The standard InChI is InChI=1S/C23H30N2O4/c1-4-5-9-20(17-10-7-6-8-11-17)16-21(26)24-25-22(27)18-12-14-19(15-13-18)23(28-2)29-3/h6-8,10-15,20,23H,4-5,9,16H2,1-3H3,(H,24,26)(H,25,27). The molecule has 0 radical (unpaired) electrons. The van der Waals surface area contributed by atoms with Crippen molar-refractivity contribution in [3.63, 3.8) is 0 Å². The van der Waals surface area contributed by atoms with Gasteiger partial charge in [0.25, 0.3) is 5.91 Å². The summed E-state index contributed by atoms with van der Waals surface area (Å²) in [5, 5.41) is 0. The molecule has 1 unspecified atom stereocenters. The van der Waals surface area contributed by atoms with Crippen molar-refractivity contribution in [3.05, 3.63) is 71.3 Å². The molecule has 0 aliphatic rings. The highest BCUT2D eigenvalue weighted by Gasteiger charge is 2.17. The Kier molecular flexibility index (Phi) is 9.34. The minimum absolute atomic E-state index is 0.132. The third-order valence-corrected chi connectivity index (χ3v) is 4.80. The number of ether oxygens (including phenoxy) is 2. The molecule has 6 nitrogen and oxygen atoms in total. The number of amides is 2. The van der Waals surface area contributed by atoms with Crippen LogP contribution in [0, 0.1) is 0 Å². The molecule has 2 rings (SSSR count). The number of benzene rings is 2. The third kappa shape index (κ3) is 7.00. The second kappa shape index (κ2) is 12.0. The lowest BCUT2D eigenvalue weighted by Crippen LogP contribution is -2.42. The summed E-state index contributed by atoms with van der Waals surface area (Å²) in [6.07, 6.45) is 2.90. The summed E-state index contributed by atoms with van der Waals surface area (Å²) < 4.78 is 10.4. The normalized spacial score (nSPS) is 11.9. The molecule has 0 fully saturated rings. The second-order valence-corrected chi connectivity index (χ2v) is 6.88. The van der Waals surface area contributed by atoms with E-state index >= 15 is 0 Å². The van der Waals surface area contributed by atoms with E-state index in [2.05, 4.69) is 17.8 Å². The van der Waals surface area contributed by atoms with Gasteiger partial charge < -0.3 is 9.47 Å². The Hall–Kier alpha value is -2.70. The third-order valence-electron chi connectivity index (χ3n) is 4.80. The number of unbranched alkanes of at least 4 members (excludes halogenated alkanes) is 1. The Morgan fingerprint density at radius 1 is 0.897 bits per heavy atom. The van der Waals surface area contributed by atoms with Gasteiger partial charge in [0.1, 0.15) is 0 Å². The molecule has 2 N–H and O–H groups in total. The molecule has 0 aliphatic carbocycles. The van der Waals surface area contributed by atoms with E-state index in [0.717, 1.165) is 30.4 Å². The first-order chi connectivity index (χ1) is 14.1. The predicted octanol–water partition coefficient (Wildman–Crippen LogP) is 4.10. The number of nitrogens with one attached hydrogen (secondary N) is 2. The van der Waals surface area contributed by atoms with E-state index in [4.69, 9.17) is 9.47 Å². The maximum Gasteiger partial charge on any atom is 0.269 e. The van der Waals surface area contributed by atoms with E-state index in [0.29, 0.717) is 12.0 Å². The number of hydrogen-bond acceptors (Lipinski definition) is 4. The number of rotatable bonds is 10. The first-order valence-electron chi connectivity index (χ1n) is 9.88. The van der Waals surface area contributed by atoms with Crippen LogP contribution in [0.1, 0.15) is 66.3 Å². The minimum atomic E-state index is -0.482. The van der Waals surface area contributed by atoms with Gasteiger partial charge in [0.2, 0.25) is 5.91 Å². The van der Waals surface area contributed by atoms with Crippen LogP contribution in [0.25, 0.3) is 0 Å². The first kappa shape index (κ1) is 22.6. The number of carbonyl (C=O) groups is 2. The van der Waals surface area contributed by atoms with E-state index < -0.39 is 6.29 Å². The van der Waals surface area contributed by atoms with E-state index in [1.54, 1.807) is 38.5 Å². The highest BCUT2D eigenvalue weighted by Crippen LogP contribution is 2.25. The molecule has 29 heavy (non-hydrogen) atoms. The zero-order valence-corrected chi connectivity index (χ0v) is 17.3. The van der Waals surface area contributed by atoms with Crippen molar-refractivity contribution in [2.24, 2.45) is 0 Å². The lowest BCUT2D eigenvalue weighted by atomic mass is 9.90. The smallest absolute Gasteiger partial charge is 0.269 e. The maximum atomic E-state index is 12.4. The Balaban J connectivity index is 1.90. The fourth-order valence-electron chi connectivity index (χ4n) is 3.20. The molecule has 156 valence electrons. The van der Waals surface area contributed by atoms with Crippen molar-refractivity contribution in [1.82, 2.24) is 10.9 Å². The van der Waals surface area contributed by atoms with Crippen LogP contribution in [0.2, 0.25) is 0 Å². The topological polar surface area (TPSA) is 76.7 Å². The molecule has 1 atom stereocenters. The molecule has 6 heteroatoms. The van der Waals surface area contributed by atoms with Gasteiger partial charge in [-0.25, -0.2) is 0 Å². The SMILES string of the molecule is CCCCC(CC(=O)NNC(=O)c1ccc(C(OC)OC)cc1)c1ccccc1. The second-order valence-electron chi connectivity index (χ2n) is 6.88. The average molecular weight is 399 g/mol. The molecule has 0 aliphatic heterocycles. The summed E-state index contributed by atoms with van der Waals surface area (Å²) in [4.78, 5) is 24.7. The highest BCUT2D eigenvalue weighted by atomic mass is 16.7. The van der Waals surface area contributed by atoms with Crippen LogP contribution in [-0.4, -0.2) is 26.0 Å². The van der Waals surface area contributed by atoms with Crippen LogP contribution in [0.4, 0.5) is 0 Å². The molecule has 0 bridgehead atoms. The van der Waals surface area contributed by atoms with E-state index in [-0.39, 0.29) is 17.7 Å². The lowest BCUT2D eigenvalue weighted by molar-refractivity contribution is -0.122. The van der Waals surface area contributed by atoms with Crippen LogP contribution in [0.15, 0.2) is 54.6 Å². The molecular formula is C23H30N2O4. The minimum Gasteiger partial charge on any atom is -0.352 e. The van der Waals surface area contributed by atoms with Crippen molar-refractivity contribution < 1.29 is 19.1 Å². The molecular weight excluding hydrogens is 368 g/mol. The van der Waals surface area contributed by atoms with E-state index in [1.165, 1.54) is 0 Å². The zero-order chi connectivity index (χ0) is 21.1. The van der Waals surface area contributed by atoms with Gasteiger partial charge in [0, 0.05) is 31.8 Å². The fraction of sp³-hybridized carbons (Fsp3) is 0.391. The Labute approximate surface area is 172 Å². The largest absolute Gasteiger partial charge is 0.352 e. The quantitative estimate of drug-likeness (QED) is 0.467. The van der Waals surface area contributed by atoms with Gasteiger partial charge in [-0.05, 0) is 30.0 Å². The molecule has 0 saturated carbocycles. The average Bonchev–Trinajstić information content (AvgIpc) is 2.77.